The number of aliphatic hydroxyl groups is 1. The summed E-state index contributed by atoms with van der Waals surface area (Å²) in [6.45, 7) is 4.89. The van der Waals surface area contributed by atoms with Crippen molar-refractivity contribution in [1.82, 2.24) is 4.98 Å². The van der Waals surface area contributed by atoms with Crippen LogP contribution in [0, 0.1) is 5.92 Å². The van der Waals surface area contributed by atoms with Crippen LogP contribution in [0.1, 0.15) is 56.7 Å². The molecule has 8 atom stereocenters. The standard InChI is InChI=1S/C11H12N2O2.C9H11NO3.C9H11NO2.C5H10N2O3.C5H11NO2S.C5H11NO2.C4H9NO3/c12-9(11(14)15)5-7-6-13-10-4-2-1-3-8(7)10;10-8(9(12)13)5-6-1-3-7(11)4-2-6;10-8(9(11)12)6-7-4-2-1-3-5-7;6-3(5(9)10)1-2-4(7)8;1-9-3-2-4(6)5(7)8;1-3(2)4(6)5(7)8;1-2(6)3(5)4(7)8/h1-4,6,9,13H,5,12H2,(H,14,15);1-4,8,11H,5,10H2,(H,12,13);1-5,8H,6,10H2,(H,11,12);3H,1-2,6H2,(H2,7,8)(H,9,10);4H,2-3,6H2,1H3,(H,7,8);3-4H,6H2,1-2H3,(H,7,8);2-3,6H,5H2,1H3,(H,7,8)/t9-;2*8-;3-;2*4-;2-,3+/m0000001/s1. The number of aromatic hydroxyl groups is 1. The summed E-state index contributed by atoms with van der Waals surface area (Å²) < 4.78 is 0. The Hall–Kier alpha value is -7.21. The molecule has 0 bridgehead atoms. The molecule has 420 valence electrons. The van der Waals surface area contributed by atoms with E-state index in [1.54, 1.807) is 37.7 Å². The van der Waals surface area contributed by atoms with Gasteiger partial charge in [-0.25, -0.2) is 0 Å². The lowest BCUT2D eigenvalue weighted by Crippen LogP contribution is -2.39. The fraction of sp³-hybridized carbons (Fsp3) is 0.417. The number of thioether (sulfide) groups is 1. The van der Waals surface area contributed by atoms with Gasteiger partial charge in [0.25, 0.3) is 0 Å². The number of carbonyl (C=O) groups excluding carboxylic acids is 1. The molecule has 0 aliphatic carbocycles. The van der Waals surface area contributed by atoms with Crippen LogP contribution < -0.4 is 45.9 Å². The second-order valence-electron chi connectivity index (χ2n) is 16.3. The molecule has 27 heteroatoms. The Morgan fingerprint density at radius 2 is 0.920 bits per heavy atom. The van der Waals surface area contributed by atoms with E-state index in [0.29, 0.717) is 19.3 Å². The highest BCUT2D eigenvalue weighted by atomic mass is 32.2. The van der Waals surface area contributed by atoms with Crippen LogP contribution >= 0.6 is 11.8 Å². The molecule has 3 aromatic carbocycles. The summed E-state index contributed by atoms with van der Waals surface area (Å²) in [5.74, 6) is -6.62. The maximum atomic E-state index is 10.6. The fourth-order valence-electron chi connectivity index (χ4n) is 4.83. The highest BCUT2D eigenvalue weighted by molar-refractivity contribution is 7.98. The lowest BCUT2D eigenvalue weighted by Gasteiger charge is -2.07. The number of aromatic amines is 1. The van der Waals surface area contributed by atoms with Gasteiger partial charge in [-0.05, 0) is 85.4 Å². The summed E-state index contributed by atoms with van der Waals surface area (Å²) >= 11 is 1.60. The summed E-state index contributed by atoms with van der Waals surface area (Å²) in [6.07, 6.45) is 4.44. The van der Waals surface area contributed by atoms with Crippen LogP contribution in [0.25, 0.3) is 10.9 Å². The number of phenolic OH excluding ortho intramolecular Hbond substituents is 1. The third-order valence-corrected chi connectivity index (χ3v) is 10.2. The van der Waals surface area contributed by atoms with Gasteiger partial charge in [0.05, 0.1) is 6.10 Å². The lowest BCUT2D eigenvalue weighted by atomic mass is 10.1. The molecule has 1 aromatic heterocycles. The van der Waals surface area contributed by atoms with Crippen LogP contribution in [-0.2, 0) is 57.6 Å². The van der Waals surface area contributed by atoms with Crippen molar-refractivity contribution in [2.75, 3.05) is 12.0 Å². The van der Waals surface area contributed by atoms with Gasteiger partial charge in [0.15, 0.2) is 0 Å². The van der Waals surface area contributed by atoms with E-state index in [1.165, 1.54) is 19.1 Å². The summed E-state index contributed by atoms with van der Waals surface area (Å²) in [4.78, 5) is 84.6. The zero-order valence-corrected chi connectivity index (χ0v) is 42.9. The number of hydrogen-bond acceptors (Lipinski definition) is 18. The van der Waals surface area contributed by atoms with Crippen molar-refractivity contribution < 1.29 is 84.3 Å². The molecule has 0 aliphatic heterocycles. The number of carbonyl (C=O) groups is 8. The van der Waals surface area contributed by atoms with Crippen LogP contribution in [0.3, 0.4) is 0 Å². The van der Waals surface area contributed by atoms with Crippen LogP contribution in [0.15, 0.2) is 85.1 Å². The molecule has 0 saturated heterocycles. The topological polar surface area (TPSA) is 543 Å². The quantitative estimate of drug-likeness (QED) is 0.0512. The number of H-pyrrole nitrogens is 1. The first-order valence-corrected chi connectivity index (χ1v) is 23.9. The zero-order valence-electron chi connectivity index (χ0n) is 42.0. The van der Waals surface area contributed by atoms with Gasteiger partial charge in [0.1, 0.15) is 48.0 Å². The van der Waals surface area contributed by atoms with Crippen molar-refractivity contribution in [2.45, 2.75) is 108 Å². The lowest BCUT2D eigenvalue weighted by molar-refractivity contribution is -0.141. The smallest absolute Gasteiger partial charge is 0.323 e. The summed E-state index contributed by atoms with van der Waals surface area (Å²) in [5, 5.41) is 77.0. The number of carboxylic acids is 7. The van der Waals surface area contributed by atoms with Gasteiger partial charge in [0.2, 0.25) is 5.91 Å². The number of aliphatic carboxylic acids is 7. The second kappa shape index (κ2) is 40.2. The van der Waals surface area contributed by atoms with Gasteiger partial charge < -0.3 is 96.8 Å². The Kier molecular flexibility index (Phi) is 38.6. The van der Waals surface area contributed by atoms with Gasteiger partial charge in [-0.1, -0.05) is 74.5 Å². The van der Waals surface area contributed by atoms with Crippen molar-refractivity contribution in [3.8, 4) is 5.75 Å². The Balaban J connectivity index is -0.000000818. The predicted molar refractivity (Wildman–Crippen MR) is 281 cm³/mol. The number of aliphatic hydroxyl groups excluding tert-OH is 1. The number of nitrogens with one attached hydrogen (secondary N) is 1. The molecule has 4 aromatic rings. The van der Waals surface area contributed by atoms with Crippen LogP contribution in [0.5, 0.6) is 5.75 Å². The molecule has 4 rings (SSSR count). The first-order chi connectivity index (χ1) is 34.8. The molecule has 0 fully saturated rings. The number of phenols is 1. The maximum absolute atomic E-state index is 10.6. The average molecular weight is 1080 g/mol. The Bertz CT molecular complexity index is 2280. The monoisotopic (exact) mass is 1080 g/mol. The number of primary amides is 1. The minimum absolute atomic E-state index is 0.0208. The van der Waals surface area contributed by atoms with Gasteiger partial charge in [-0.15, -0.1) is 0 Å². The van der Waals surface area contributed by atoms with E-state index in [9.17, 15) is 38.4 Å². The van der Waals surface area contributed by atoms with Crippen molar-refractivity contribution in [3.05, 3.63) is 102 Å². The third kappa shape index (κ3) is 36.4. The van der Waals surface area contributed by atoms with E-state index in [1.807, 2.05) is 67.0 Å². The SMILES string of the molecule is CC(C)[C@H](N)C(=O)O.CSCC[C@H](N)C(=O)O.C[C@@H](O)[C@H](N)C(=O)O.NC(=O)CC[C@H](N)C(=O)O.N[C@@H](Cc1c[nH]c2ccccc12)C(=O)O.N[C@@H](Cc1ccc(O)cc1)C(=O)O.N[C@@H](Cc1ccccc1)C(=O)O. The summed E-state index contributed by atoms with van der Waals surface area (Å²) in [7, 11) is 0. The van der Waals surface area contributed by atoms with E-state index in [0.717, 1.165) is 33.3 Å². The van der Waals surface area contributed by atoms with Crippen LogP contribution in [0.2, 0.25) is 0 Å². The van der Waals surface area contributed by atoms with Gasteiger partial charge in [0, 0.05) is 29.9 Å². The molecule has 0 unspecified atom stereocenters. The number of rotatable bonds is 21. The number of nitrogens with two attached hydrogens (primary N) is 8. The molecule has 0 aliphatic rings. The van der Waals surface area contributed by atoms with Crippen LogP contribution in [-0.4, -0.2) is 159 Å². The first kappa shape index (κ1) is 72.0. The Morgan fingerprint density at radius 3 is 1.28 bits per heavy atom. The van der Waals surface area contributed by atoms with E-state index < -0.39 is 96.1 Å². The van der Waals surface area contributed by atoms with Crippen LogP contribution in [0.4, 0.5) is 0 Å². The summed E-state index contributed by atoms with van der Waals surface area (Å²) in [6, 6.07) is 17.3. The number of carboxylic acid groups (broad SMARTS) is 7. The number of amides is 1. The van der Waals surface area contributed by atoms with Crippen molar-refractivity contribution in [3.63, 3.8) is 0 Å². The number of benzene rings is 3. The average Bonchev–Trinajstić information content (AvgIpc) is 3.76. The molecule has 1 amide bonds. The number of para-hydroxylation sites is 1. The van der Waals surface area contributed by atoms with Crippen molar-refractivity contribution in [1.29, 1.82) is 0 Å². The van der Waals surface area contributed by atoms with E-state index in [4.69, 9.17) is 91.8 Å². The number of aromatic nitrogens is 1. The third-order valence-electron chi connectivity index (χ3n) is 9.53. The van der Waals surface area contributed by atoms with Gasteiger partial charge >= 0.3 is 41.8 Å². The molecular formula is C48H75N9O17S. The molecular weight excluding hydrogens is 1010 g/mol. The highest BCUT2D eigenvalue weighted by Gasteiger charge is 2.18. The molecule has 0 spiro atoms. The largest absolute Gasteiger partial charge is 0.508 e. The molecule has 75 heavy (non-hydrogen) atoms. The molecule has 26 N–H and O–H groups in total. The molecule has 0 saturated carbocycles. The Labute approximate surface area is 437 Å². The minimum Gasteiger partial charge on any atom is -0.508 e. The molecule has 1 heterocycles. The Morgan fingerprint density at radius 1 is 0.520 bits per heavy atom. The summed E-state index contributed by atoms with van der Waals surface area (Å²) in [5.41, 5.74) is 44.9. The van der Waals surface area contributed by atoms with Crippen molar-refractivity contribution in [2.24, 2.45) is 51.8 Å². The van der Waals surface area contributed by atoms with Gasteiger partial charge in [-0.3, -0.25) is 38.4 Å². The first-order valence-electron chi connectivity index (χ1n) is 22.5. The fourth-order valence-corrected chi connectivity index (χ4v) is 5.32. The number of fused-ring (bicyclic) bond motifs is 1. The van der Waals surface area contributed by atoms with E-state index in [-0.39, 0.29) is 30.9 Å². The van der Waals surface area contributed by atoms with Crippen molar-refractivity contribution >= 4 is 70.4 Å². The normalized spacial score (nSPS) is 13.3. The molecule has 0 radical (unpaired) electrons. The minimum atomic E-state index is -1.18. The zero-order chi connectivity index (χ0) is 58.5. The highest BCUT2D eigenvalue weighted by Crippen LogP contribution is 2.18. The second-order valence-corrected chi connectivity index (χ2v) is 17.3. The molecule has 26 nitrogen and oxygen atoms in total. The predicted octanol–water partition coefficient (Wildman–Crippen LogP) is -0.242. The number of hydrogen-bond donors (Lipinski definition) is 18. The maximum Gasteiger partial charge on any atom is 0.323 e. The van der Waals surface area contributed by atoms with E-state index >= 15 is 0 Å². The van der Waals surface area contributed by atoms with Gasteiger partial charge in [-0.2, -0.15) is 11.8 Å². The van der Waals surface area contributed by atoms with E-state index in [2.05, 4.69) is 4.98 Å².